The van der Waals surface area contributed by atoms with Crippen molar-refractivity contribution >= 4 is 28.7 Å². The van der Waals surface area contributed by atoms with Crippen LogP contribution < -0.4 is 5.32 Å². The molecule has 110 valence electrons. The zero-order chi connectivity index (χ0) is 15.6. The molecule has 3 nitrogen and oxygen atoms in total. The van der Waals surface area contributed by atoms with Gasteiger partial charge in [-0.05, 0) is 37.1 Å². The predicted molar refractivity (Wildman–Crippen MR) is 74.5 cm³/mol. The van der Waals surface area contributed by atoms with E-state index in [2.05, 4.69) is 5.32 Å². The summed E-state index contributed by atoms with van der Waals surface area (Å²) in [5.41, 5.74) is -0.457. The molecule has 0 aromatic heterocycles. The van der Waals surface area contributed by atoms with Gasteiger partial charge in [0.05, 0.1) is 11.6 Å². The van der Waals surface area contributed by atoms with Crippen molar-refractivity contribution in [3.63, 3.8) is 0 Å². The van der Waals surface area contributed by atoms with E-state index in [1.54, 1.807) is 0 Å². The Morgan fingerprint density at radius 3 is 2.33 bits per heavy atom. The molecule has 1 aliphatic carbocycles. The second-order valence-corrected chi connectivity index (χ2v) is 5.24. The summed E-state index contributed by atoms with van der Waals surface area (Å²) in [5, 5.41) is 11.7. The monoisotopic (exact) mass is 312 g/mol. The highest BCUT2D eigenvalue weighted by molar-refractivity contribution is 7.80. The lowest BCUT2D eigenvalue weighted by Gasteiger charge is -2.13. The molecule has 1 N–H and O–H groups in total. The molecule has 1 fully saturated rings. The number of rotatable bonds is 4. The Balaban J connectivity index is 2.05. The topological polar surface area (TPSA) is 52.9 Å². The van der Waals surface area contributed by atoms with Crippen LogP contribution in [0.1, 0.15) is 18.4 Å². The van der Waals surface area contributed by atoms with E-state index in [9.17, 15) is 18.0 Å². The Morgan fingerprint density at radius 1 is 1.33 bits per heavy atom. The number of nitrogens with one attached hydrogen (secondary N) is 1. The van der Waals surface area contributed by atoms with E-state index in [-0.39, 0.29) is 16.7 Å². The van der Waals surface area contributed by atoms with E-state index >= 15 is 0 Å². The number of nitriles is 1. The molecule has 0 spiro atoms. The first-order chi connectivity index (χ1) is 9.82. The van der Waals surface area contributed by atoms with E-state index in [0.29, 0.717) is 5.69 Å². The number of anilines is 1. The summed E-state index contributed by atoms with van der Waals surface area (Å²) in [6.07, 6.45) is -2.88. The van der Waals surface area contributed by atoms with Gasteiger partial charge in [0.1, 0.15) is 4.99 Å². The summed E-state index contributed by atoms with van der Waals surface area (Å²) in [7, 11) is 0. The number of carbonyl (C=O) groups excluding carboxylic acids is 1. The number of thiocarbonyl (C=S) groups is 1. The van der Waals surface area contributed by atoms with Gasteiger partial charge < -0.3 is 5.32 Å². The average molecular weight is 312 g/mol. The quantitative estimate of drug-likeness (QED) is 0.864. The van der Waals surface area contributed by atoms with Gasteiger partial charge in [-0.15, -0.1) is 0 Å². The Labute approximate surface area is 124 Å². The molecule has 21 heavy (non-hydrogen) atoms. The highest BCUT2D eigenvalue weighted by Crippen LogP contribution is 2.33. The summed E-state index contributed by atoms with van der Waals surface area (Å²) >= 11 is 5.01. The van der Waals surface area contributed by atoms with Crippen LogP contribution in [0.3, 0.4) is 0 Å². The number of hydrogen-bond donors (Lipinski definition) is 1. The van der Waals surface area contributed by atoms with Gasteiger partial charge in [-0.3, -0.25) is 4.79 Å². The van der Waals surface area contributed by atoms with Gasteiger partial charge in [-0.25, -0.2) is 0 Å². The molecule has 1 aliphatic rings. The SMILES string of the molecule is N#CC(C(=O)C1CC1)C(=S)Nc1ccc(C(F)(F)F)cc1. The zero-order valence-electron chi connectivity index (χ0n) is 10.8. The van der Waals surface area contributed by atoms with E-state index in [0.717, 1.165) is 25.0 Å². The molecular formula is C14H11F3N2OS. The van der Waals surface area contributed by atoms with Gasteiger partial charge in [-0.2, -0.15) is 18.4 Å². The van der Waals surface area contributed by atoms with Crippen LogP contribution in [0.2, 0.25) is 0 Å². The predicted octanol–water partition coefficient (Wildman–Crippen LogP) is 3.56. The number of Topliss-reactive ketones (excluding diaryl/α,β-unsaturated/α-hetero) is 1. The number of hydrogen-bond acceptors (Lipinski definition) is 3. The molecule has 0 bridgehead atoms. The van der Waals surface area contributed by atoms with E-state index in [4.69, 9.17) is 17.5 Å². The van der Waals surface area contributed by atoms with Gasteiger partial charge in [0.25, 0.3) is 0 Å². The molecule has 1 unspecified atom stereocenters. The highest BCUT2D eigenvalue weighted by atomic mass is 32.1. The number of benzene rings is 1. The molecule has 7 heteroatoms. The molecule has 0 amide bonds. The minimum Gasteiger partial charge on any atom is -0.349 e. The van der Waals surface area contributed by atoms with Crippen molar-refractivity contribution in [3.8, 4) is 6.07 Å². The van der Waals surface area contributed by atoms with Crippen LogP contribution in [0.4, 0.5) is 18.9 Å². The van der Waals surface area contributed by atoms with Gasteiger partial charge in [0.2, 0.25) is 0 Å². The lowest BCUT2D eigenvalue weighted by molar-refractivity contribution is -0.137. The van der Waals surface area contributed by atoms with Crippen molar-refractivity contribution in [1.82, 2.24) is 0 Å². The largest absolute Gasteiger partial charge is 0.416 e. The van der Waals surface area contributed by atoms with Crippen LogP contribution in [-0.4, -0.2) is 10.8 Å². The number of nitrogens with zero attached hydrogens (tertiary/aromatic N) is 1. The summed E-state index contributed by atoms with van der Waals surface area (Å²) in [6.45, 7) is 0. The molecule has 1 aromatic rings. The standard InChI is InChI=1S/C14H11F3N2OS/c15-14(16,17)9-3-5-10(6-4-9)19-13(21)11(7-18)12(20)8-1-2-8/h3-6,8,11H,1-2H2,(H,19,21). The summed E-state index contributed by atoms with van der Waals surface area (Å²) in [5.74, 6) is -1.38. The first-order valence-corrected chi connectivity index (χ1v) is 6.65. The van der Waals surface area contributed by atoms with Crippen LogP contribution in [-0.2, 0) is 11.0 Å². The van der Waals surface area contributed by atoms with Crippen molar-refractivity contribution in [1.29, 1.82) is 5.26 Å². The maximum Gasteiger partial charge on any atom is 0.416 e. The fourth-order valence-electron chi connectivity index (χ4n) is 1.81. The minimum atomic E-state index is -4.41. The Bertz CT molecular complexity index is 600. The second-order valence-electron chi connectivity index (χ2n) is 4.80. The molecule has 1 aromatic carbocycles. The van der Waals surface area contributed by atoms with Crippen LogP contribution in [0.25, 0.3) is 0 Å². The van der Waals surface area contributed by atoms with Gasteiger partial charge in [0, 0.05) is 11.6 Å². The normalized spacial score (nSPS) is 15.9. The lowest BCUT2D eigenvalue weighted by atomic mass is 10.0. The molecule has 0 radical (unpaired) electrons. The number of halogens is 3. The Morgan fingerprint density at radius 2 is 1.90 bits per heavy atom. The van der Waals surface area contributed by atoms with Crippen molar-refractivity contribution in [2.24, 2.45) is 11.8 Å². The van der Waals surface area contributed by atoms with Crippen LogP contribution in [0.5, 0.6) is 0 Å². The number of carbonyl (C=O) groups is 1. The van der Waals surface area contributed by atoms with E-state index in [1.165, 1.54) is 12.1 Å². The third-order valence-corrected chi connectivity index (χ3v) is 3.47. The molecule has 0 saturated heterocycles. The van der Waals surface area contributed by atoms with Crippen molar-refractivity contribution < 1.29 is 18.0 Å². The van der Waals surface area contributed by atoms with E-state index in [1.807, 2.05) is 6.07 Å². The minimum absolute atomic E-state index is 0.0224. The molecule has 0 aliphatic heterocycles. The number of ketones is 1. The fraction of sp³-hybridized carbons (Fsp3) is 0.357. The summed E-state index contributed by atoms with van der Waals surface area (Å²) < 4.78 is 37.3. The molecular weight excluding hydrogens is 301 g/mol. The Kier molecular flexibility index (Phi) is 4.28. The van der Waals surface area contributed by atoms with Crippen molar-refractivity contribution in [2.45, 2.75) is 19.0 Å². The highest BCUT2D eigenvalue weighted by Gasteiger charge is 2.37. The lowest BCUT2D eigenvalue weighted by Crippen LogP contribution is -2.28. The van der Waals surface area contributed by atoms with Gasteiger partial charge in [-0.1, -0.05) is 12.2 Å². The van der Waals surface area contributed by atoms with Gasteiger partial charge in [0.15, 0.2) is 11.7 Å². The first-order valence-electron chi connectivity index (χ1n) is 6.24. The second kappa shape index (κ2) is 5.82. The van der Waals surface area contributed by atoms with Gasteiger partial charge >= 0.3 is 6.18 Å². The van der Waals surface area contributed by atoms with E-state index < -0.39 is 17.7 Å². The zero-order valence-corrected chi connectivity index (χ0v) is 11.6. The number of alkyl halides is 3. The fourth-order valence-corrected chi connectivity index (χ4v) is 2.10. The third-order valence-electron chi connectivity index (χ3n) is 3.14. The van der Waals surface area contributed by atoms with Crippen molar-refractivity contribution in [3.05, 3.63) is 29.8 Å². The molecule has 0 heterocycles. The maximum atomic E-state index is 12.4. The average Bonchev–Trinajstić information content (AvgIpc) is 3.23. The molecule has 2 rings (SSSR count). The first kappa shape index (κ1) is 15.4. The maximum absolute atomic E-state index is 12.4. The third kappa shape index (κ3) is 3.79. The smallest absolute Gasteiger partial charge is 0.349 e. The summed E-state index contributed by atoms with van der Waals surface area (Å²) in [6, 6.07) is 6.10. The van der Waals surface area contributed by atoms with Crippen LogP contribution in [0, 0.1) is 23.2 Å². The Hall–Kier alpha value is -1.94. The van der Waals surface area contributed by atoms with Crippen LogP contribution in [0.15, 0.2) is 24.3 Å². The summed E-state index contributed by atoms with van der Waals surface area (Å²) in [4.78, 5) is 11.9. The molecule has 1 saturated carbocycles. The van der Waals surface area contributed by atoms with Crippen molar-refractivity contribution in [2.75, 3.05) is 5.32 Å². The van der Waals surface area contributed by atoms with Crippen LogP contribution >= 0.6 is 12.2 Å². The molecule has 1 atom stereocenters.